The largest absolute Gasteiger partial charge is 0.383 e. The smallest absolute Gasteiger partial charge is 0.187 e. The minimum absolute atomic E-state index is 0.612. The third kappa shape index (κ3) is 1.51. The van der Waals surface area contributed by atoms with Gasteiger partial charge in [-0.1, -0.05) is 0 Å². The van der Waals surface area contributed by atoms with Crippen molar-refractivity contribution >= 4 is 22.3 Å². The van der Waals surface area contributed by atoms with E-state index in [9.17, 15) is 0 Å². The Balaban J connectivity index is 2.08. The summed E-state index contributed by atoms with van der Waals surface area (Å²) in [6.45, 7) is 3.43. The Labute approximate surface area is 75.0 Å². The van der Waals surface area contributed by atoms with Gasteiger partial charge in [0, 0.05) is 18.5 Å². The van der Waals surface area contributed by atoms with E-state index in [-0.39, 0.29) is 0 Å². The molecule has 4 nitrogen and oxygen atoms in total. The van der Waals surface area contributed by atoms with Crippen molar-refractivity contribution in [2.24, 2.45) is 0 Å². The van der Waals surface area contributed by atoms with Crippen molar-refractivity contribution in [3.05, 3.63) is 5.38 Å². The third-order valence-electron chi connectivity index (χ3n) is 1.79. The van der Waals surface area contributed by atoms with Crippen molar-refractivity contribution in [3.8, 4) is 0 Å². The van der Waals surface area contributed by atoms with Gasteiger partial charge in [-0.3, -0.25) is 0 Å². The summed E-state index contributed by atoms with van der Waals surface area (Å²) in [5, 5.41) is 2.88. The molecule has 0 spiro atoms. The molecule has 1 saturated heterocycles. The summed E-state index contributed by atoms with van der Waals surface area (Å²) < 4.78 is 5.23. The van der Waals surface area contributed by atoms with Gasteiger partial charge in [-0.2, -0.15) is 0 Å². The van der Waals surface area contributed by atoms with E-state index in [1.54, 1.807) is 11.3 Å². The summed E-state index contributed by atoms with van der Waals surface area (Å²) in [5.41, 5.74) is 5.53. The van der Waals surface area contributed by atoms with E-state index in [0.29, 0.717) is 5.82 Å². The fraction of sp³-hybridized carbons (Fsp3) is 0.571. The third-order valence-corrected chi connectivity index (χ3v) is 2.71. The van der Waals surface area contributed by atoms with Crippen molar-refractivity contribution < 1.29 is 4.74 Å². The Kier molecular flexibility index (Phi) is 2.14. The number of rotatable bonds is 1. The van der Waals surface area contributed by atoms with Crippen LogP contribution in [0.25, 0.3) is 0 Å². The van der Waals surface area contributed by atoms with E-state index >= 15 is 0 Å². The number of nitrogen functional groups attached to an aromatic ring is 1. The highest BCUT2D eigenvalue weighted by Crippen LogP contribution is 2.21. The Bertz CT molecular complexity index is 257. The summed E-state index contributed by atoms with van der Waals surface area (Å²) in [6, 6.07) is 0. The van der Waals surface area contributed by atoms with Crippen molar-refractivity contribution in [3.63, 3.8) is 0 Å². The van der Waals surface area contributed by atoms with E-state index in [0.717, 1.165) is 31.4 Å². The van der Waals surface area contributed by atoms with Crippen LogP contribution in [0.3, 0.4) is 0 Å². The average Bonchev–Trinajstić information content (AvgIpc) is 2.54. The number of nitrogens with two attached hydrogens (primary N) is 1. The first-order valence-electron chi connectivity index (χ1n) is 3.90. The van der Waals surface area contributed by atoms with Gasteiger partial charge in [-0.05, 0) is 0 Å². The molecule has 1 aromatic heterocycles. The highest BCUT2D eigenvalue weighted by molar-refractivity contribution is 7.14. The van der Waals surface area contributed by atoms with Crippen molar-refractivity contribution in [1.29, 1.82) is 0 Å². The number of aromatic nitrogens is 1. The van der Waals surface area contributed by atoms with Gasteiger partial charge in [0.15, 0.2) is 5.13 Å². The zero-order valence-corrected chi connectivity index (χ0v) is 7.51. The lowest BCUT2D eigenvalue weighted by Crippen LogP contribution is -2.36. The maximum absolute atomic E-state index is 5.53. The van der Waals surface area contributed by atoms with E-state index in [2.05, 4.69) is 9.88 Å². The number of thiazole rings is 1. The molecule has 2 N–H and O–H groups in total. The minimum atomic E-state index is 0.612. The zero-order valence-electron chi connectivity index (χ0n) is 6.69. The van der Waals surface area contributed by atoms with Crippen LogP contribution in [0.2, 0.25) is 0 Å². The first-order valence-corrected chi connectivity index (χ1v) is 4.78. The molecule has 0 radical (unpaired) electrons. The topological polar surface area (TPSA) is 51.4 Å². The lowest BCUT2D eigenvalue weighted by Gasteiger charge is -2.25. The number of ether oxygens (including phenoxy) is 1. The minimum Gasteiger partial charge on any atom is -0.383 e. The van der Waals surface area contributed by atoms with Crippen LogP contribution in [-0.2, 0) is 4.74 Å². The molecule has 0 atom stereocenters. The van der Waals surface area contributed by atoms with Crippen LogP contribution < -0.4 is 10.6 Å². The van der Waals surface area contributed by atoms with Crippen LogP contribution in [-0.4, -0.2) is 31.3 Å². The van der Waals surface area contributed by atoms with Gasteiger partial charge in [0.1, 0.15) is 5.82 Å². The Hall–Kier alpha value is -0.810. The molecule has 2 rings (SSSR count). The lowest BCUT2D eigenvalue weighted by molar-refractivity contribution is 0.122. The highest BCUT2D eigenvalue weighted by atomic mass is 32.1. The zero-order chi connectivity index (χ0) is 8.39. The van der Waals surface area contributed by atoms with Crippen LogP contribution in [0, 0.1) is 0 Å². The molecule has 1 aliphatic rings. The van der Waals surface area contributed by atoms with Crippen molar-refractivity contribution in [2.45, 2.75) is 0 Å². The monoisotopic (exact) mass is 185 g/mol. The predicted molar refractivity (Wildman–Crippen MR) is 49.6 cm³/mol. The molecule has 1 aliphatic heterocycles. The SMILES string of the molecule is Nc1csc(N2CCOCC2)n1. The van der Waals surface area contributed by atoms with E-state index < -0.39 is 0 Å². The van der Waals surface area contributed by atoms with Crippen LogP contribution >= 0.6 is 11.3 Å². The molecule has 1 fully saturated rings. The summed E-state index contributed by atoms with van der Waals surface area (Å²) in [5.74, 6) is 0.612. The van der Waals surface area contributed by atoms with Crippen LogP contribution in [0.15, 0.2) is 5.38 Å². The molecule has 12 heavy (non-hydrogen) atoms. The van der Waals surface area contributed by atoms with Crippen LogP contribution in [0.5, 0.6) is 0 Å². The molecule has 1 aromatic rings. The summed E-state index contributed by atoms with van der Waals surface area (Å²) in [6.07, 6.45) is 0. The van der Waals surface area contributed by atoms with Gasteiger partial charge in [0.2, 0.25) is 0 Å². The van der Waals surface area contributed by atoms with Gasteiger partial charge in [-0.25, -0.2) is 4.98 Å². The summed E-state index contributed by atoms with van der Waals surface area (Å²) >= 11 is 1.59. The highest BCUT2D eigenvalue weighted by Gasteiger charge is 2.13. The second-order valence-corrected chi connectivity index (χ2v) is 3.49. The number of morpholine rings is 1. The molecule has 0 amide bonds. The molecule has 0 unspecified atom stereocenters. The predicted octanol–water partition coefficient (Wildman–Crippen LogP) is 0.562. The molecular weight excluding hydrogens is 174 g/mol. The molecular formula is C7H11N3OS. The Morgan fingerprint density at radius 3 is 2.83 bits per heavy atom. The van der Waals surface area contributed by atoms with Gasteiger partial charge in [0.25, 0.3) is 0 Å². The Morgan fingerprint density at radius 1 is 1.50 bits per heavy atom. The number of hydrogen-bond donors (Lipinski definition) is 1. The van der Waals surface area contributed by atoms with E-state index in [4.69, 9.17) is 10.5 Å². The van der Waals surface area contributed by atoms with E-state index in [1.807, 2.05) is 5.38 Å². The standard InChI is InChI=1S/C7H11N3OS/c8-6-5-12-7(9-6)10-1-3-11-4-2-10/h5H,1-4,8H2. The molecule has 2 heterocycles. The fourth-order valence-corrected chi connectivity index (χ4v) is 1.94. The second-order valence-electron chi connectivity index (χ2n) is 2.65. The molecule has 0 aromatic carbocycles. The average molecular weight is 185 g/mol. The first-order chi connectivity index (χ1) is 5.86. The quantitative estimate of drug-likeness (QED) is 0.694. The normalized spacial score (nSPS) is 18.2. The maximum atomic E-state index is 5.53. The molecule has 66 valence electrons. The number of anilines is 2. The van der Waals surface area contributed by atoms with Gasteiger partial charge >= 0.3 is 0 Å². The maximum Gasteiger partial charge on any atom is 0.187 e. The summed E-state index contributed by atoms with van der Waals surface area (Å²) in [7, 11) is 0. The van der Waals surface area contributed by atoms with Gasteiger partial charge < -0.3 is 15.4 Å². The first kappa shape index (κ1) is 7.82. The number of hydrogen-bond acceptors (Lipinski definition) is 5. The number of nitrogens with zero attached hydrogens (tertiary/aromatic N) is 2. The second kappa shape index (κ2) is 3.28. The molecule has 5 heteroatoms. The van der Waals surface area contributed by atoms with Gasteiger partial charge in [-0.15, -0.1) is 11.3 Å². The van der Waals surface area contributed by atoms with Crippen LogP contribution in [0.1, 0.15) is 0 Å². The lowest BCUT2D eigenvalue weighted by atomic mass is 10.5. The van der Waals surface area contributed by atoms with Crippen LogP contribution in [0.4, 0.5) is 10.9 Å². The molecule has 0 aliphatic carbocycles. The fourth-order valence-electron chi connectivity index (χ4n) is 1.18. The van der Waals surface area contributed by atoms with Crippen molar-refractivity contribution in [2.75, 3.05) is 36.9 Å². The van der Waals surface area contributed by atoms with Crippen molar-refractivity contribution in [1.82, 2.24) is 4.98 Å². The molecule has 0 saturated carbocycles. The summed E-state index contributed by atoms with van der Waals surface area (Å²) in [4.78, 5) is 6.40. The van der Waals surface area contributed by atoms with E-state index in [1.165, 1.54) is 0 Å². The Morgan fingerprint density at radius 2 is 2.25 bits per heavy atom. The van der Waals surface area contributed by atoms with Gasteiger partial charge in [0.05, 0.1) is 13.2 Å². The molecule has 0 bridgehead atoms.